The summed E-state index contributed by atoms with van der Waals surface area (Å²) in [5.74, 6) is -4.29. The van der Waals surface area contributed by atoms with Gasteiger partial charge in [-0.3, -0.25) is 9.59 Å². The molecule has 0 aliphatic carbocycles. The van der Waals surface area contributed by atoms with Crippen molar-refractivity contribution in [3.8, 4) is 0 Å². The fourth-order valence-electron chi connectivity index (χ4n) is 2.11. The van der Waals surface area contributed by atoms with E-state index in [2.05, 4.69) is 15.5 Å². The fourth-order valence-corrected chi connectivity index (χ4v) is 2.11. The molecular formula is C15H24F2N4O4. The summed E-state index contributed by atoms with van der Waals surface area (Å²) in [6.45, 7) is 3.52. The van der Waals surface area contributed by atoms with Crippen molar-refractivity contribution in [2.24, 2.45) is 5.73 Å². The Hall–Kier alpha value is -2.10. The van der Waals surface area contributed by atoms with Gasteiger partial charge in [0.25, 0.3) is 0 Å². The van der Waals surface area contributed by atoms with Crippen LogP contribution < -0.4 is 11.1 Å². The van der Waals surface area contributed by atoms with Gasteiger partial charge < -0.3 is 20.6 Å². The van der Waals surface area contributed by atoms with E-state index in [9.17, 15) is 23.5 Å². The van der Waals surface area contributed by atoms with E-state index in [4.69, 9.17) is 10.2 Å². The minimum absolute atomic E-state index is 0.0317. The Morgan fingerprint density at radius 1 is 1.28 bits per heavy atom. The molecule has 0 aromatic carbocycles. The van der Waals surface area contributed by atoms with Gasteiger partial charge in [0.15, 0.2) is 6.10 Å². The molecule has 1 aromatic rings. The number of aliphatic hydroxyl groups is 1. The molecule has 10 heteroatoms. The zero-order chi connectivity index (χ0) is 19.0. The molecule has 0 unspecified atom stereocenters. The van der Waals surface area contributed by atoms with Gasteiger partial charge in [0.1, 0.15) is 0 Å². The number of hydrogen-bond acceptors (Lipinski definition) is 6. The molecule has 2 atom stereocenters. The van der Waals surface area contributed by atoms with E-state index in [1.807, 2.05) is 0 Å². The van der Waals surface area contributed by atoms with E-state index < -0.39 is 55.6 Å². The molecular weight excluding hydrogens is 338 g/mol. The van der Waals surface area contributed by atoms with Crippen molar-refractivity contribution < 1.29 is 27.9 Å². The number of halogens is 2. The number of nitrogens with one attached hydrogen (secondary N) is 1. The first-order valence-corrected chi connectivity index (χ1v) is 8.14. The highest BCUT2D eigenvalue weighted by atomic mass is 19.3. The van der Waals surface area contributed by atoms with Gasteiger partial charge in [-0.25, -0.2) is 8.78 Å². The summed E-state index contributed by atoms with van der Waals surface area (Å²) in [6, 6.07) is -0.739. The van der Waals surface area contributed by atoms with Crippen LogP contribution in [0.5, 0.6) is 0 Å². The van der Waals surface area contributed by atoms with E-state index in [0.29, 0.717) is 18.7 Å². The molecule has 1 rings (SSSR count). The van der Waals surface area contributed by atoms with Gasteiger partial charge >= 0.3 is 0 Å². The maximum Gasteiger partial charge on any atom is 0.249 e. The van der Waals surface area contributed by atoms with Crippen molar-refractivity contribution in [2.75, 3.05) is 0 Å². The largest absolute Gasteiger partial charge is 0.422 e. The second-order valence-electron chi connectivity index (χ2n) is 5.74. The molecule has 2 amide bonds. The number of primary amides is 1. The quantitative estimate of drug-likeness (QED) is 0.543. The molecule has 1 aromatic heterocycles. The summed E-state index contributed by atoms with van der Waals surface area (Å²) < 4.78 is 32.4. The van der Waals surface area contributed by atoms with Crippen LogP contribution in [0.15, 0.2) is 4.42 Å². The van der Waals surface area contributed by atoms with Crippen LogP contribution in [0.1, 0.15) is 63.8 Å². The Balaban J connectivity index is 2.53. The molecule has 0 radical (unpaired) electrons. The molecule has 142 valence electrons. The molecule has 8 nitrogen and oxygen atoms in total. The number of carbonyl (C=O) groups excluding carboxylic acids is 2. The Labute approximate surface area is 144 Å². The molecule has 1 heterocycles. The van der Waals surface area contributed by atoms with Crippen LogP contribution in [0, 0.1) is 0 Å². The van der Waals surface area contributed by atoms with Crippen LogP contribution in [0.4, 0.5) is 8.78 Å². The highest BCUT2D eigenvalue weighted by molar-refractivity contribution is 5.76. The average molecular weight is 362 g/mol. The first-order valence-electron chi connectivity index (χ1n) is 8.14. The minimum Gasteiger partial charge on any atom is -0.422 e. The highest BCUT2D eigenvalue weighted by Gasteiger charge is 2.31. The Kier molecular flexibility index (Phi) is 7.88. The van der Waals surface area contributed by atoms with Gasteiger partial charge in [0.05, 0.1) is 6.04 Å². The predicted molar refractivity (Wildman–Crippen MR) is 83.5 cm³/mol. The number of rotatable bonds is 11. The van der Waals surface area contributed by atoms with Crippen LogP contribution in [-0.2, 0) is 16.0 Å². The van der Waals surface area contributed by atoms with Crippen LogP contribution in [0.3, 0.4) is 0 Å². The van der Waals surface area contributed by atoms with Crippen molar-refractivity contribution in [3.05, 3.63) is 11.8 Å². The van der Waals surface area contributed by atoms with E-state index in [1.165, 1.54) is 0 Å². The SMILES string of the molecule is CCc1nnc([C@@H](O)[C@H](CC)NC(=O)CCC(F)(F)CCC(N)=O)o1. The number of nitrogens with zero attached hydrogens (tertiary/aromatic N) is 2. The van der Waals surface area contributed by atoms with Crippen molar-refractivity contribution in [3.63, 3.8) is 0 Å². The zero-order valence-electron chi connectivity index (χ0n) is 14.3. The summed E-state index contributed by atoms with van der Waals surface area (Å²) in [5.41, 5.74) is 4.84. The molecule has 0 spiro atoms. The molecule has 4 N–H and O–H groups in total. The second kappa shape index (κ2) is 9.40. The number of nitrogens with two attached hydrogens (primary N) is 1. The van der Waals surface area contributed by atoms with Crippen LogP contribution in [0.2, 0.25) is 0 Å². The third-order valence-corrected chi connectivity index (χ3v) is 3.66. The lowest BCUT2D eigenvalue weighted by atomic mass is 10.1. The maximum atomic E-state index is 13.6. The first-order chi connectivity index (χ1) is 11.7. The third-order valence-electron chi connectivity index (χ3n) is 3.66. The smallest absolute Gasteiger partial charge is 0.249 e. The fraction of sp³-hybridized carbons (Fsp3) is 0.733. The minimum atomic E-state index is -3.16. The van der Waals surface area contributed by atoms with E-state index >= 15 is 0 Å². The number of carbonyl (C=O) groups is 2. The van der Waals surface area contributed by atoms with Crippen molar-refractivity contribution in [1.82, 2.24) is 15.5 Å². The lowest BCUT2D eigenvalue weighted by Crippen LogP contribution is -2.39. The van der Waals surface area contributed by atoms with E-state index in [0.717, 1.165) is 0 Å². The summed E-state index contributed by atoms with van der Waals surface area (Å²) in [4.78, 5) is 22.4. The first kappa shape index (κ1) is 20.9. The Bertz CT molecular complexity index is 580. The zero-order valence-corrected chi connectivity index (χ0v) is 14.3. The standard InChI is InChI=1S/C15H24F2N4O4/c1-3-9(13(24)14-21-20-12(4-2)25-14)19-11(23)6-8-15(16,17)7-5-10(18)22/h9,13,24H,3-8H2,1-2H3,(H2,18,22)(H,19,23)/t9-,13-/m0/s1. The number of aliphatic hydroxyl groups excluding tert-OH is 1. The van der Waals surface area contributed by atoms with Gasteiger partial charge in [-0.15, -0.1) is 10.2 Å². The van der Waals surface area contributed by atoms with Gasteiger partial charge in [-0.2, -0.15) is 0 Å². The van der Waals surface area contributed by atoms with Crippen molar-refractivity contribution in [2.45, 2.75) is 70.4 Å². The van der Waals surface area contributed by atoms with Crippen LogP contribution >= 0.6 is 0 Å². The van der Waals surface area contributed by atoms with Gasteiger partial charge in [0, 0.05) is 32.1 Å². The average Bonchev–Trinajstić information content (AvgIpc) is 3.05. The monoisotopic (exact) mass is 362 g/mol. The lowest BCUT2D eigenvalue weighted by molar-refractivity contribution is -0.125. The number of aromatic nitrogens is 2. The third kappa shape index (κ3) is 7.12. The second-order valence-corrected chi connectivity index (χ2v) is 5.74. The number of amides is 2. The molecule has 0 fully saturated rings. The normalized spacial score (nSPS) is 14.1. The van der Waals surface area contributed by atoms with E-state index in [-0.39, 0.29) is 5.89 Å². The molecule has 0 saturated heterocycles. The number of aryl methyl sites for hydroxylation is 1. The molecule has 0 bridgehead atoms. The summed E-state index contributed by atoms with van der Waals surface area (Å²) in [7, 11) is 0. The Morgan fingerprint density at radius 3 is 2.44 bits per heavy atom. The molecule has 0 aliphatic heterocycles. The van der Waals surface area contributed by atoms with Crippen molar-refractivity contribution >= 4 is 11.8 Å². The molecule has 0 aliphatic rings. The molecule has 25 heavy (non-hydrogen) atoms. The lowest BCUT2D eigenvalue weighted by Gasteiger charge is -2.21. The van der Waals surface area contributed by atoms with Gasteiger partial charge in [-0.05, 0) is 6.42 Å². The summed E-state index contributed by atoms with van der Waals surface area (Å²) in [6.07, 6.45) is -2.67. The Morgan fingerprint density at radius 2 is 1.92 bits per heavy atom. The summed E-state index contributed by atoms with van der Waals surface area (Å²) >= 11 is 0. The van der Waals surface area contributed by atoms with E-state index in [1.54, 1.807) is 13.8 Å². The van der Waals surface area contributed by atoms with Gasteiger partial charge in [-0.1, -0.05) is 13.8 Å². The predicted octanol–water partition coefficient (Wildman–Crippen LogP) is 1.24. The van der Waals surface area contributed by atoms with Crippen molar-refractivity contribution in [1.29, 1.82) is 0 Å². The van der Waals surface area contributed by atoms with Gasteiger partial charge in [0.2, 0.25) is 29.5 Å². The van der Waals surface area contributed by atoms with Crippen LogP contribution in [0.25, 0.3) is 0 Å². The molecule has 0 saturated carbocycles. The summed E-state index contributed by atoms with van der Waals surface area (Å²) in [5, 5.41) is 20.1. The van der Waals surface area contributed by atoms with Crippen LogP contribution in [-0.4, -0.2) is 39.1 Å². The maximum absolute atomic E-state index is 13.6. The topological polar surface area (TPSA) is 131 Å². The highest BCUT2D eigenvalue weighted by Crippen LogP contribution is 2.26. The number of alkyl halides is 2. The number of hydrogen-bond donors (Lipinski definition) is 3.